The predicted octanol–water partition coefficient (Wildman–Crippen LogP) is 2.95. The van der Waals surface area contributed by atoms with Gasteiger partial charge >= 0.3 is 0 Å². The highest BCUT2D eigenvalue weighted by Gasteiger charge is 2.32. The number of anilines is 1. The Morgan fingerprint density at radius 2 is 2.10 bits per heavy atom. The Balaban J connectivity index is 1.78. The highest BCUT2D eigenvalue weighted by atomic mass is 19.1. The number of benzene rings is 1. The first-order valence-corrected chi connectivity index (χ1v) is 9.25. The minimum atomic E-state index is -0.645. The Labute approximate surface area is 166 Å². The maximum Gasteiger partial charge on any atom is 0.285 e. The summed E-state index contributed by atoms with van der Waals surface area (Å²) < 4.78 is 21.7. The van der Waals surface area contributed by atoms with E-state index in [0.717, 1.165) is 5.56 Å². The molecule has 9 heteroatoms. The van der Waals surface area contributed by atoms with Crippen LogP contribution in [0, 0.1) is 5.82 Å². The van der Waals surface area contributed by atoms with E-state index < -0.39 is 18.0 Å². The SMILES string of the molecule is CC1=C(C(N)=O)OC(C)N1c1ccc(F)c(-c2nc3ncc(C(C)C)cn3n2)c1. The van der Waals surface area contributed by atoms with Crippen molar-refractivity contribution in [2.75, 3.05) is 4.90 Å². The van der Waals surface area contributed by atoms with Crippen molar-refractivity contribution in [3.63, 3.8) is 0 Å². The van der Waals surface area contributed by atoms with Gasteiger partial charge in [-0.1, -0.05) is 13.8 Å². The van der Waals surface area contributed by atoms with Crippen LogP contribution in [-0.2, 0) is 9.53 Å². The van der Waals surface area contributed by atoms with E-state index in [1.165, 1.54) is 6.07 Å². The van der Waals surface area contributed by atoms with Gasteiger partial charge < -0.3 is 15.4 Å². The second-order valence-corrected chi connectivity index (χ2v) is 7.25. The highest BCUT2D eigenvalue weighted by Crippen LogP contribution is 2.34. The molecular formula is C20H21FN6O2. The van der Waals surface area contributed by atoms with Crippen LogP contribution in [0.3, 0.4) is 0 Å². The molecule has 3 aromatic rings. The number of carbonyl (C=O) groups is 1. The van der Waals surface area contributed by atoms with E-state index in [2.05, 4.69) is 28.9 Å². The number of nitrogens with two attached hydrogens (primary N) is 1. The lowest BCUT2D eigenvalue weighted by molar-refractivity contribution is -0.118. The van der Waals surface area contributed by atoms with E-state index in [1.54, 1.807) is 41.6 Å². The van der Waals surface area contributed by atoms with E-state index in [4.69, 9.17) is 10.5 Å². The lowest BCUT2D eigenvalue weighted by atomic mass is 10.1. The van der Waals surface area contributed by atoms with Crippen molar-refractivity contribution in [3.05, 3.63) is 53.4 Å². The molecule has 4 rings (SSSR count). The maximum atomic E-state index is 14.6. The monoisotopic (exact) mass is 396 g/mol. The van der Waals surface area contributed by atoms with E-state index in [-0.39, 0.29) is 23.1 Å². The van der Waals surface area contributed by atoms with Crippen LogP contribution in [0.4, 0.5) is 10.1 Å². The van der Waals surface area contributed by atoms with Gasteiger partial charge in [0, 0.05) is 18.1 Å². The van der Waals surface area contributed by atoms with Crippen molar-refractivity contribution in [1.29, 1.82) is 0 Å². The molecule has 2 N–H and O–H groups in total. The van der Waals surface area contributed by atoms with Gasteiger partial charge in [-0.25, -0.2) is 13.9 Å². The van der Waals surface area contributed by atoms with Crippen molar-refractivity contribution >= 4 is 17.4 Å². The number of nitrogens with zero attached hydrogens (tertiary/aromatic N) is 5. The van der Waals surface area contributed by atoms with Gasteiger partial charge in [0.15, 0.2) is 12.1 Å². The number of amides is 1. The molecule has 150 valence electrons. The van der Waals surface area contributed by atoms with Gasteiger partial charge in [-0.15, -0.1) is 5.10 Å². The summed E-state index contributed by atoms with van der Waals surface area (Å²) in [5.41, 5.74) is 7.81. The predicted molar refractivity (Wildman–Crippen MR) is 105 cm³/mol. The van der Waals surface area contributed by atoms with E-state index in [0.29, 0.717) is 17.2 Å². The molecule has 0 radical (unpaired) electrons. The Morgan fingerprint density at radius 1 is 1.34 bits per heavy atom. The molecule has 1 atom stereocenters. The molecular weight excluding hydrogens is 375 g/mol. The minimum absolute atomic E-state index is 0.0969. The molecule has 1 aromatic carbocycles. The number of halogens is 1. The molecule has 0 bridgehead atoms. The van der Waals surface area contributed by atoms with E-state index in [9.17, 15) is 9.18 Å². The lowest BCUT2D eigenvalue weighted by Gasteiger charge is -2.24. The van der Waals surface area contributed by atoms with Crippen LogP contribution in [0.5, 0.6) is 0 Å². The van der Waals surface area contributed by atoms with Crippen molar-refractivity contribution in [1.82, 2.24) is 19.6 Å². The number of carbonyl (C=O) groups excluding carboxylic acids is 1. The molecule has 0 aliphatic carbocycles. The zero-order chi connectivity index (χ0) is 20.9. The van der Waals surface area contributed by atoms with E-state index >= 15 is 0 Å². The summed E-state index contributed by atoms with van der Waals surface area (Å²) in [6.45, 7) is 7.62. The number of allylic oxidation sites excluding steroid dienone is 1. The average molecular weight is 396 g/mol. The first kappa shape index (κ1) is 18.9. The van der Waals surface area contributed by atoms with Crippen LogP contribution in [0.15, 0.2) is 42.0 Å². The molecule has 0 saturated heterocycles. The summed E-state index contributed by atoms with van der Waals surface area (Å²) in [4.78, 5) is 22.0. The van der Waals surface area contributed by atoms with Crippen LogP contribution >= 0.6 is 0 Å². The molecule has 8 nitrogen and oxygen atoms in total. The van der Waals surface area contributed by atoms with Gasteiger partial charge in [-0.3, -0.25) is 4.79 Å². The van der Waals surface area contributed by atoms with Crippen molar-refractivity contribution < 1.29 is 13.9 Å². The van der Waals surface area contributed by atoms with Crippen molar-refractivity contribution in [3.8, 4) is 11.4 Å². The topological polar surface area (TPSA) is 98.6 Å². The first-order chi connectivity index (χ1) is 13.8. The number of fused-ring (bicyclic) bond motifs is 1. The summed E-state index contributed by atoms with van der Waals surface area (Å²) in [6.07, 6.45) is 3.13. The largest absolute Gasteiger partial charge is 0.463 e. The van der Waals surface area contributed by atoms with Gasteiger partial charge in [-0.05, 0) is 43.5 Å². The first-order valence-electron chi connectivity index (χ1n) is 9.25. The third kappa shape index (κ3) is 3.18. The Morgan fingerprint density at radius 3 is 2.76 bits per heavy atom. The fraction of sp³-hybridized carbons (Fsp3) is 0.300. The van der Waals surface area contributed by atoms with Crippen LogP contribution in [-0.4, -0.2) is 31.7 Å². The number of aromatic nitrogens is 4. The second-order valence-electron chi connectivity index (χ2n) is 7.25. The number of hydrogen-bond acceptors (Lipinski definition) is 6. The summed E-state index contributed by atoms with van der Waals surface area (Å²) >= 11 is 0. The van der Waals surface area contributed by atoms with Gasteiger partial charge in [0.2, 0.25) is 5.76 Å². The molecule has 0 spiro atoms. The number of primary amides is 1. The van der Waals surface area contributed by atoms with Crippen LogP contribution < -0.4 is 10.6 Å². The van der Waals surface area contributed by atoms with E-state index in [1.807, 2.05) is 6.20 Å². The standard InChI is InChI=1S/C20H21FN6O2/c1-10(2)13-8-23-20-24-19(25-26(20)9-13)15-7-14(5-6-16(15)21)27-11(3)17(18(22)28)29-12(27)4/h5-10,12H,1-4H3,(H2,22,28). The second kappa shape index (κ2) is 6.84. The molecule has 0 fully saturated rings. The van der Waals surface area contributed by atoms with Crippen molar-refractivity contribution in [2.45, 2.75) is 39.8 Å². The molecule has 29 heavy (non-hydrogen) atoms. The zero-order valence-electron chi connectivity index (χ0n) is 16.5. The Kier molecular flexibility index (Phi) is 4.45. The Hall–Kier alpha value is -3.49. The van der Waals surface area contributed by atoms with Gasteiger partial charge in [0.25, 0.3) is 11.7 Å². The van der Waals surface area contributed by atoms with Gasteiger partial charge in [-0.2, -0.15) is 4.98 Å². The number of rotatable bonds is 4. The quantitative estimate of drug-likeness (QED) is 0.728. The molecule has 1 amide bonds. The van der Waals surface area contributed by atoms with Gasteiger partial charge in [0.1, 0.15) is 5.82 Å². The normalized spacial score (nSPS) is 16.8. The molecule has 1 unspecified atom stereocenters. The number of ether oxygens (including phenoxy) is 1. The van der Waals surface area contributed by atoms with Gasteiger partial charge in [0.05, 0.1) is 11.3 Å². The summed E-state index contributed by atoms with van der Waals surface area (Å²) in [5, 5.41) is 4.40. The minimum Gasteiger partial charge on any atom is -0.463 e. The maximum absolute atomic E-state index is 14.6. The molecule has 2 aromatic heterocycles. The molecule has 3 heterocycles. The molecule has 0 saturated carbocycles. The smallest absolute Gasteiger partial charge is 0.285 e. The third-order valence-corrected chi connectivity index (χ3v) is 4.92. The zero-order valence-corrected chi connectivity index (χ0v) is 16.5. The summed E-state index contributed by atoms with van der Waals surface area (Å²) in [7, 11) is 0. The Bertz CT molecular complexity index is 1150. The third-order valence-electron chi connectivity index (χ3n) is 4.92. The molecule has 1 aliphatic rings. The lowest BCUT2D eigenvalue weighted by Crippen LogP contribution is -2.27. The number of hydrogen-bond donors (Lipinski definition) is 1. The van der Waals surface area contributed by atoms with Crippen LogP contribution in [0.25, 0.3) is 17.2 Å². The van der Waals surface area contributed by atoms with Crippen LogP contribution in [0.1, 0.15) is 39.2 Å². The van der Waals surface area contributed by atoms with Crippen molar-refractivity contribution in [2.24, 2.45) is 5.73 Å². The summed E-state index contributed by atoms with van der Waals surface area (Å²) in [6, 6.07) is 4.57. The fourth-order valence-electron chi connectivity index (χ4n) is 3.37. The van der Waals surface area contributed by atoms with Crippen LogP contribution in [0.2, 0.25) is 0 Å². The fourth-order valence-corrected chi connectivity index (χ4v) is 3.37. The summed E-state index contributed by atoms with van der Waals surface area (Å²) in [5.74, 6) is -0.113. The molecule has 1 aliphatic heterocycles. The average Bonchev–Trinajstić information content (AvgIpc) is 3.22. The highest BCUT2D eigenvalue weighted by molar-refractivity contribution is 5.92.